The van der Waals surface area contributed by atoms with Crippen molar-refractivity contribution < 1.29 is 9.53 Å². The van der Waals surface area contributed by atoms with Gasteiger partial charge in [-0.05, 0) is 44.1 Å². The maximum absolute atomic E-state index is 12.5. The Morgan fingerprint density at radius 1 is 1.32 bits per heavy atom. The third kappa shape index (κ3) is 3.81. The Morgan fingerprint density at radius 2 is 2.16 bits per heavy atom. The van der Waals surface area contributed by atoms with Crippen LogP contribution in [0.1, 0.15) is 25.1 Å². The number of aromatic nitrogens is 2. The Bertz CT molecular complexity index is 757. The highest BCUT2D eigenvalue weighted by Gasteiger charge is 2.34. The van der Waals surface area contributed by atoms with E-state index in [1.165, 1.54) is 19.3 Å². The number of halogens is 1. The molecule has 25 heavy (non-hydrogen) atoms. The molecule has 2 aliphatic rings. The molecule has 7 heteroatoms. The Morgan fingerprint density at radius 3 is 3.00 bits per heavy atom. The van der Waals surface area contributed by atoms with E-state index in [1.807, 2.05) is 12.1 Å². The monoisotopic (exact) mass is 362 g/mol. The predicted octanol–water partition coefficient (Wildman–Crippen LogP) is 2.13. The second-order valence-electron chi connectivity index (χ2n) is 6.90. The summed E-state index contributed by atoms with van der Waals surface area (Å²) in [5.41, 5.74) is 1.67. The van der Waals surface area contributed by atoms with E-state index in [4.69, 9.17) is 16.3 Å². The largest absolute Gasteiger partial charge is 0.378 e. The number of imidazole rings is 1. The van der Waals surface area contributed by atoms with Gasteiger partial charge in [-0.1, -0.05) is 18.0 Å². The van der Waals surface area contributed by atoms with Crippen LogP contribution < -0.4 is 5.32 Å². The van der Waals surface area contributed by atoms with Gasteiger partial charge in [0.25, 0.3) is 0 Å². The fourth-order valence-corrected chi connectivity index (χ4v) is 3.99. The normalized spacial score (nSPS) is 24.7. The van der Waals surface area contributed by atoms with E-state index in [0.717, 1.165) is 24.1 Å². The van der Waals surface area contributed by atoms with Crippen molar-refractivity contribution in [3.63, 3.8) is 0 Å². The van der Waals surface area contributed by atoms with Gasteiger partial charge in [0.15, 0.2) is 0 Å². The van der Waals surface area contributed by atoms with Crippen LogP contribution >= 0.6 is 11.6 Å². The summed E-state index contributed by atoms with van der Waals surface area (Å²) in [6.07, 6.45) is 4.00. The molecular formula is C18H23ClN4O2. The van der Waals surface area contributed by atoms with E-state index in [1.54, 1.807) is 6.07 Å². The standard InChI is InChI=1S/C18H23ClN4O2/c19-12-4-5-13-14(8-12)21-17(20-13)9-18(24)22-15-10-25-11-16(15)23-6-2-1-3-7-23/h4-5,8,15-16H,1-3,6-7,9-11H2,(H,20,21)(H,22,24)/t15-,16-/m1/s1. The molecule has 4 rings (SSSR count). The lowest BCUT2D eigenvalue weighted by Gasteiger charge is -2.34. The summed E-state index contributed by atoms with van der Waals surface area (Å²) >= 11 is 5.99. The van der Waals surface area contributed by atoms with E-state index in [-0.39, 0.29) is 18.4 Å². The van der Waals surface area contributed by atoms with Gasteiger partial charge in [-0.2, -0.15) is 0 Å². The second kappa shape index (κ2) is 7.32. The third-order valence-corrected chi connectivity index (χ3v) is 5.31. The van der Waals surface area contributed by atoms with Crippen molar-refractivity contribution in [2.45, 2.75) is 37.8 Å². The molecule has 0 aliphatic carbocycles. The molecule has 0 unspecified atom stereocenters. The quantitative estimate of drug-likeness (QED) is 0.874. The van der Waals surface area contributed by atoms with Crippen LogP contribution in [-0.2, 0) is 16.0 Å². The minimum atomic E-state index is -0.0253. The first-order valence-corrected chi connectivity index (χ1v) is 9.32. The van der Waals surface area contributed by atoms with Crippen molar-refractivity contribution >= 4 is 28.5 Å². The van der Waals surface area contributed by atoms with Gasteiger partial charge in [0.1, 0.15) is 5.82 Å². The number of likely N-dealkylation sites (tertiary alicyclic amines) is 1. The van der Waals surface area contributed by atoms with Crippen molar-refractivity contribution in [2.75, 3.05) is 26.3 Å². The molecule has 2 fully saturated rings. The predicted molar refractivity (Wildman–Crippen MR) is 96.8 cm³/mol. The molecule has 2 atom stereocenters. The average molecular weight is 363 g/mol. The summed E-state index contributed by atoms with van der Waals surface area (Å²) in [5.74, 6) is 0.630. The van der Waals surface area contributed by atoms with Crippen LogP contribution in [-0.4, -0.2) is 59.2 Å². The van der Waals surface area contributed by atoms with Crippen LogP contribution in [0.25, 0.3) is 11.0 Å². The Balaban J connectivity index is 1.38. The molecule has 1 aromatic heterocycles. The van der Waals surface area contributed by atoms with Gasteiger partial charge in [0.2, 0.25) is 5.91 Å². The number of amides is 1. The number of nitrogens with one attached hydrogen (secondary N) is 2. The molecule has 0 saturated carbocycles. The Labute approximate surface area is 151 Å². The summed E-state index contributed by atoms with van der Waals surface area (Å²) in [6, 6.07) is 5.83. The fraction of sp³-hybridized carbons (Fsp3) is 0.556. The van der Waals surface area contributed by atoms with Gasteiger partial charge in [-0.15, -0.1) is 0 Å². The minimum absolute atomic E-state index is 0.0253. The minimum Gasteiger partial charge on any atom is -0.378 e. The lowest BCUT2D eigenvalue weighted by Crippen LogP contribution is -2.52. The van der Waals surface area contributed by atoms with Gasteiger partial charge in [-0.3, -0.25) is 9.69 Å². The molecule has 2 saturated heterocycles. The van der Waals surface area contributed by atoms with E-state index in [0.29, 0.717) is 30.1 Å². The van der Waals surface area contributed by atoms with Crippen molar-refractivity contribution in [3.05, 3.63) is 29.0 Å². The van der Waals surface area contributed by atoms with Crippen molar-refractivity contribution in [1.29, 1.82) is 0 Å². The smallest absolute Gasteiger partial charge is 0.227 e. The Hall–Kier alpha value is -1.63. The molecule has 3 heterocycles. The number of nitrogens with zero attached hydrogens (tertiary/aromatic N) is 2. The van der Waals surface area contributed by atoms with E-state index in [9.17, 15) is 4.79 Å². The zero-order valence-electron chi connectivity index (χ0n) is 14.1. The number of hydrogen-bond acceptors (Lipinski definition) is 4. The zero-order valence-corrected chi connectivity index (χ0v) is 14.9. The van der Waals surface area contributed by atoms with Crippen LogP contribution in [0.15, 0.2) is 18.2 Å². The molecule has 2 aromatic rings. The van der Waals surface area contributed by atoms with Gasteiger partial charge in [-0.25, -0.2) is 4.98 Å². The highest BCUT2D eigenvalue weighted by Crippen LogP contribution is 2.20. The molecule has 2 N–H and O–H groups in total. The second-order valence-corrected chi connectivity index (χ2v) is 7.33. The number of carbonyl (C=O) groups is 1. The number of fused-ring (bicyclic) bond motifs is 1. The first-order chi connectivity index (χ1) is 12.2. The molecule has 0 radical (unpaired) electrons. The van der Waals surface area contributed by atoms with Gasteiger partial charge >= 0.3 is 0 Å². The lowest BCUT2D eigenvalue weighted by molar-refractivity contribution is -0.121. The highest BCUT2D eigenvalue weighted by molar-refractivity contribution is 6.31. The summed E-state index contributed by atoms with van der Waals surface area (Å²) in [4.78, 5) is 22.6. The molecule has 1 amide bonds. The molecule has 6 nitrogen and oxygen atoms in total. The number of aromatic amines is 1. The summed E-state index contributed by atoms with van der Waals surface area (Å²) in [6.45, 7) is 3.49. The molecule has 134 valence electrons. The number of ether oxygens (including phenoxy) is 1. The van der Waals surface area contributed by atoms with E-state index >= 15 is 0 Å². The molecular weight excluding hydrogens is 340 g/mol. The molecule has 0 spiro atoms. The molecule has 1 aromatic carbocycles. The van der Waals surface area contributed by atoms with Crippen LogP contribution in [0, 0.1) is 0 Å². The van der Waals surface area contributed by atoms with Crippen molar-refractivity contribution in [1.82, 2.24) is 20.2 Å². The lowest BCUT2D eigenvalue weighted by atomic mass is 10.0. The first-order valence-electron chi connectivity index (χ1n) is 8.94. The summed E-state index contributed by atoms with van der Waals surface area (Å²) in [5, 5.41) is 3.79. The first kappa shape index (κ1) is 16.8. The summed E-state index contributed by atoms with van der Waals surface area (Å²) < 4.78 is 5.64. The van der Waals surface area contributed by atoms with Gasteiger partial charge in [0, 0.05) is 5.02 Å². The van der Waals surface area contributed by atoms with E-state index < -0.39 is 0 Å². The van der Waals surface area contributed by atoms with Crippen LogP contribution in [0.2, 0.25) is 5.02 Å². The maximum Gasteiger partial charge on any atom is 0.227 e. The van der Waals surface area contributed by atoms with Crippen LogP contribution in [0.5, 0.6) is 0 Å². The number of piperidine rings is 1. The number of H-pyrrole nitrogens is 1. The SMILES string of the molecule is O=C(Cc1nc2ccc(Cl)cc2[nH]1)N[C@@H]1COC[C@H]1N1CCCCC1. The van der Waals surface area contributed by atoms with Gasteiger partial charge in [0.05, 0.1) is 42.8 Å². The number of rotatable bonds is 4. The van der Waals surface area contributed by atoms with E-state index in [2.05, 4.69) is 20.2 Å². The zero-order chi connectivity index (χ0) is 17.2. The molecule has 0 bridgehead atoms. The fourth-order valence-electron chi connectivity index (χ4n) is 3.82. The molecule has 2 aliphatic heterocycles. The number of hydrogen-bond donors (Lipinski definition) is 2. The topological polar surface area (TPSA) is 70.2 Å². The highest BCUT2D eigenvalue weighted by atomic mass is 35.5. The Kier molecular flexibility index (Phi) is 4.92. The average Bonchev–Trinajstić information content (AvgIpc) is 3.21. The number of carbonyl (C=O) groups excluding carboxylic acids is 1. The van der Waals surface area contributed by atoms with Gasteiger partial charge < -0.3 is 15.0 Å². The number of benzene rings is 1. The third-order valence-electron chi connectivity index (χ3n) is 5.08. The maximum atomic E-state index is 12.5. The van der Waals surface area contributed by atoms with Crippen LogP contribution in [0.4, 0.5) is 0 Å². The van der Waals surface area contributed by atoms with Crippen molar-refractivity contribution in [2.24, 2.45) is 0 Å². The summed E-state index contributed by atoms with van der Waals surface area (Å²) in [7, 11) is 0. The van der Waals surface area contributed by atoms with Crippen LogP contribution in [0.3, 0.4) is 0 Å². The van der Waals surface area contributed by atoms with Crippen molar-refractivity contribution in [3.8, 4) is 0 Å².